The smallest absolute Gasteiger partial charge is 0.303 e. The molecular formula is C19H23N3O5. The minimum Gasteiger partial charge on any atom is -0.497 e. The third-order valence-corrected chi connectivity index (χ3v) is 4.80. The lowest BCUT2D eigenvalue weighted by atomic mass is 9.93. The van der Waals surface area contributed by atoms with Crippen LogP contribution in [0.25, 0.3) is 11.4 Å². The predicted octanol–water partition coefficient (Wildman–Crippen LogP) is 2.39. The van der Waals surface area contributed by atoms with Gasteiger partial charge in [-0.25, -0.2) is 0 Å². The second-order valence-electron chi connectivity index (χ2n) is 6.66. The van der Waals surface area contributed by atoms with E-state index in [1.807, 2.05) is 24.3 Å². The van der Waals surface area contributed by atoms with Crippen molar-refractivity contribution in [1.29, 1.82) is 0 Å². The van der Waals surface area contributed by atoms with Crippen molar-refractivity contribution in [2.45, 2.75) is 32.1 Å². The summed E-state index contributed by atoms with van der Waals surface area (Å²) in [5.74, 6) is 1.08. The van der Waals surface area contributed by atoms with E-state index in [-0.39, 0.29) is 18.2 Å². The van der Waals surface area contributed by atoms with E-state index in [0.29, 0.717) is 37.6 Å². The molecule has 1 aromatic heterocycles. The largest absolute Gasteiger partial charge is 0.497 e. The summed E-state index contributed by atoms with van der Waals surface area (Å²) in [6.07, 6.45) is 2.34. The number of carbonyl (C=O) groups is 2. The van der Waals surface area contributed by atoms with Gasteiger partial charge in [0.25, 0.3) is 0 Å². The number of aliphatic carboxylic acids is 1. The van der Waals surface area contributed by atoms with Gasteiger partial charge in [-0.2, -0.15) is 4.98 Å². The molecule has 1 fully saturated rings. The number of carbonyl (C=O) groups excluding carboxylic acids is 1. The number of rotatable bonds is 7. The van der Waals surface area contributed by atoms with Crippen molar-refractivity contribution in [2.24, 2.45) is 5.92 Å². The van der Waals surface area contributed by atoms with Crippen molar-refractivity contribution in [2.75, 3.05) is 20.2 Å². The molecule has 1 aliphatic heterocycles. The van der Waals surface area contributed by atoms with E-state index < -0.39 is 5.97 Å². The topological polar surface area (TPSA) is 106 Å². The molecule has 0 spiro atoms. The summed E-state index contributed by atoms with van der Waals surface area (Å²) in [6.45, 7) is 1.22. The molecule has 0 atom stereocenters. The van der Waals surface area contributed by atoms with Crippen molar-refractivity contribution in [3.05, 3.63) is 30.2 Å². The van der Waals surface area contributed by atoms with Crippen molar-refractivity contribution < 1.29 is 24.0 Å². The van der Waals surface area contributed by atoms with Crippen molar-refractivity contribution in [3.8, 4) is 17.1 Å². The van der Waals surface area contributed by atoms with Crippen molar-refractivity contribution >= 4 is 11.9 Å². The molecule has 0 saturated carbocycles. The number of benzene rings is 1. The zero-order chi connectivity index (χ0) is 19.2. The van der Waals surface area contributed by atoms with Crippen LogP contribution in [0.1, 0.15) is 31.6 Å². The predicted molar refractivity (Wildman–Crippen MR) is 96.2 cm³/mol. The summed E-state index contributed by atoms with van der Waals surface area (Å²) in [5, 5.41) is 12.8. The molecule has 0 bridgehead atoms. The quantitative estimate of drug-likeness (QED) is 0.794. The van der Waals surface area contributed by atoms with Gasteiger partial charge in [0.15, 0.2) is 0 Å². The van der Waals surface area contributed by atoms with Gasteiger partial charge in [-0.15, -0.1) is 0 Å². The number of aryl methyl sites for hydroxylation is 1. The number of nitrogens with zero attached hydrogens (tertiary/aromatic N) is 3. The number of ether oxygens (including phenoxy) is 1. The first-order chi connectivity index (χ1) is 13.0. The molecule has 27 heavy (non-hydrogen) atoms. The molecular weight excluding hydrogens is 350 g/mol. The van der Waals surface area contributed by atoms with Crippen LogP contribution in [-0.4, -0.2) is 52.2 Å². The number of likely N-dealkylation sites (tertiary alicyclic amines) is 1. The fourth-order valence-corrected chi connectivity index (χ4v) is 3.22. The molecule has 1 aliphatic rings. The lowest BCUT2D eigenvalue weighted by Gasteiger charge is -2.31. The van der Waals surface area contributed by atoms with Gasteiger partial charge in [0.1, 0.15) is 5.75 Å². The number of aromatic nitrogens is 2. The molecule has 8 heteroatoms. The zero-order valence-electron chi connectivity index (χ0n) is 15.3. The Labute approximate surface area is 157 Å². The SMILES string of the molecule is COc1ccc(-c2noc(CCC(=O)N3CCC(CC(=O)O)CC3)n2)cc1. The number of carboxylic acid groups (broad SMARTS) is 1. The minimum atomic E-state index is -0.774. The number of piperidine rings is 1. The van der Waals surface area contributed by atoms with Gasteiger partial charge >= 0.3 is 5.97 Å². The van der Waals surface area contributed by atoms with E-state index in [2.05, 4.69) is 10.1 Å². The number of hydrogen-bond acceptors (Lipinski definition) is 6. The van der Waals surface area contributed by atoms with Gasteiger partial charge in [0.05, 0.1) is 7.11 Å². The van der Waals surface area contributed by atoms with Gasteiger partial charge in [0, 0.05) is 37.9 Å². The summed E-state index contributed by atoms with van der Waals surface area (Å²) in [4.78, 5) is 29.3. The summed E-state index contributed by atoms with van der Waals surface area (Å²) >= 11 is 0. The molecule has 2 aromatic rings. The van der Waals surface area contributed by atoms with Gasteiger partial charge in [-0.1, -0.05) is 5.16 Å². The Morgan fingerprint density at radius 1 is 1.26 bits per heavy atom. The van der Waals surface area contributed by atoms with E-state index in [1.54, 1.807) is 12.0 Å². The van der Waals surface area contributed by atoms with Crippen LogP contribution < -0.4 is 4.74 Å². The Hall–Kier alpha value is -2.90. The Balaban J connectivity index is 1.48. The first-order valence-electron chi connectivity index (χ1n) is 9.01. The monoisotopic (exact) mass is 373 g/mol. The highest BCUT2D eigenvalue weighted by atomic mass is 16.5. The van der Waals surface area contributed by atoms with Crippen molar-refractivity contribution in [3.63, 3.8) is 0 Å². The normalized spacial score (nSPS) is 14.9. The average molecular weight is 373 g/mol. The maximum atomic E-state index is 12.4. The van der Waals surface area contributed by atoms with Gasteiger partial charge in [-0.3, -0.25) is 9.59 Å². The molecule has 2 heterocycles. The van der Waals surface area contributed by atoms with E-state index in [4.69, 9.17) is 14.4 Å². The maximum Gasteiger partial charge on any atom is 0.303 e. The fourth-order valence-electron chi connectivity index (χ4n) is 3.22. The molecule has 1 N–H and O–H groups in total. The number of carboxylic acids is 1. The lowest BCUT2D eigenvalue weighted by Crippen LogP contribution is -2.39. The number of hydrogen-bond donors (Lipinski definition) is 1. The molecule has 1 aromatic carbocycles. The first-order valence-corrected chi connectivity index (χ1v) is 9.01. The molecule has 3 rings (SSSR count). The highest BCUT2D eigenvalue weighted by Gasteiger charge is 2.24. The molecule has 1 saturated heterocycles. The molecule has 1 amide bonds. The highest BCUT2D eigenvalue weighted by molar-refractivity contribution is 5.76. The zero-order valence-corrected chi connectivity index (χ0v) is 15.3. The second kappa shape index (κ2) is 8.66. The lowest BCUT2D eigenvalue weighted by molar-refractivity contribution is -0.138. The molecule has 0 unspecified atom stereocenters. The molecule has 8 nitrogen and oxygen atoms in total. The van der Waals surface area contributed by atoms with Crippen molar-refractivity contribution in [1.82, 2.24) is 15.0 Å². The van der Waals surface area contributed by atoms with E-state index in [9.17, 15) is 9.59 Å². The van der Waals surface area contributed by atoms with Gasteiger partial charge < -0.3 is 19.3 Å². The minimum absolute atomic E-state index is 0.0352. The molecule has 144 valence electrons. The third kappa shape index (κ3) is 5.06. The Morgan fingerprint density at radius 2 is 1.96 bits per heavy atom. The second-order valence-corrected chi connectivity index (χ2v) is 6.66. The van der Waals surface area contributed by atoms with Crippen LogP contribution in [0.2, 0.25) is 0 Å². The van der Waals surface area contributed by atoms with Crippen LogP contribution in [0.3, 0.4) is 0 Å². The maximum absolute atomic E-state index is 12.4. The van der Waals surface area contributed by atoms with Gasteiger partial charge in [-0.05, 0) is 43.0 Å². The van der Waals surface area contributed by atoms with E-state index in [1.165, 1.54) is 0 Å². The summed E-state index contributed by atoms with van der Waals surface area (Å²) in [6, 6.07) is 7.34. The standard InChI is InChI=1S/C19H23N3O5/c1-26-15-4-2-14(3-5-15)19-20-16(27-21-19)6-7-17(23)22-10-8-13(9-11-22)12-18(24)25/h2-5,13H,6-12H2,1H3,(H,24,25). The molecule has 0 radical (unpaired) electrons. The fraction of sp³-hybridized carbons (Fsp3) is 0.474. The van der Waals surface area contributed by atoms with E-state index in [0.717, 1.165) is 24.2 Å². The van der Waals surface area contributed by atoms with Crippen LogP contribution in [0.4, 0.5) is 0 Å². The Kier molecular flexibility index (Phi) is 6.05. The van der Waals surface area contributed by atoms with Crippen LogP contribution in [-0.2, 0) is 16.0 Å². The summed E-state index contributed by atoms with van der Waals surface area (Å²) in [5.41, 5.74) is 0.817. The van der Waals surface area contributed by atoms with Gasteiger partial charge in [0.2, 0.25) is 17.6 Å². The first kappa shape index (κ1) is 18.9. The summed E-state index contributed by atoms with van der Waals surface area (Å²) in [7, 11) is 1.60. The highest BCUT2D eigenvalue weighted by Crippen LogP contribution is 2.22. The molecule has 0 aliphatic carbocycles. The number of methoxy groups -OCH3 is 1. The van der Waals surface area contributed by atoms with E-state index >= 15 is 0 Å². The van der Waals surface area contributed by atoms with Crippen LogP contribution >= 0.6 is 0 Å². The van der Waals surface area contributed by atoms with Crippen LogP contribution in [0.15, 0.2) is 28.8 Å². The van der Waals surface area contributed by atoms with Crippen LogP contribution in [0.5, 0.6) is 5.75 Å². The Morgan fingerprint density at radius 3 is 2.59 bits per heavy atom. The number of amides is 1. The van der Waals surface area contributed by atoms with Crippen LogP contribution in [0, 0.1) is 5.92 Å². The summed E-state index contributed by atoms with van der Waals surface area (Å²) < 4.78 is 10.4. The Bertz CT molecular complexity index is 779. The third-order valence-electron chi connectivity index (χ3n) is 4.80. The average Bonchev–Trinajstić information content (AvgIpc) is 3.15.